The van der Waals surface area contributed by atoms with E-state index >= 15 is 0 Å². The molecule has 2 nitrogen and oxygen atoms in total. The normalized spacial score (nSPS) is 25.3. The summed E-state index contributed by atoms with van der Waals surface area (Å²) < 4.78 is 0. The maximum atomic E-state index is 12.9. The topological polar surface area (TPSA) is 34.1 Å². The van der Waals surface area contributed by atoms with Crippen LogP contribution < -0.4 is 0 Å². The van der Waals surface area contributed by atoms with Gasteiger partial charge >= 0.3 is 0 Å². The summed E-state index contributed by atoms with van der Waals surface area (Å²) in [5.41, 5.74) is -0.281. The highest BCUT2D eigenvalue weighted by Crippen LogP contribution is 2.53. The van der Waals surface area contributed by atoms with Crippen molar-refractivity contribution in [3.63, 3.8) is 0 Å². The molecule has 1 aliphatic rings. The van der Waals surface area contributed by atoms with Crippen LogP contribution >= 0.6 is 0 Å². The molecule has 0 saturated heterocycles. The van der Waals surface area contributed by atoms with Gasteiger partial charge in [0.25, 0.3) is 0 Å². The van der Waals surface area contributed by atoms with E-state index < -0.39 is 16.2 Å². The van der Waals surface area contributed by atoms with Crippen LogP contribution in [0.4, 0.5) is 0 Å². The average Bonchev–Trinajstić information content (AvgIpc) is 2.48. The zero-order valence-electron chi connectivity index (χ0n) is 12.6. The van der Waals surface area contributed by atoms with Gasteiger partial charge in [-0.1, -0.05) is 58.9 Å². The van der Waals surface area contributed by atoms with Crippen molar-refractivity contribution in [2.24, 2.45) is 10.8 Å². The molecule has 0 aromatic heterocycles. The Kier molecular flexibility index (Phi) is 2.78. The monoisotopic (exact) mass is 258 g/mol. The van der Waals surface area contributed by atoms with Crippen LogP contribution in [-0.2, 0) is 10.2 Å². The van der Waals surface area contributed by atoms with E-state index in [0.717, 1.165) is 5.56 Å². The molecule has 0 amide bonds. The van der Waals surface area contributed by atoms with Gasteiger partial charge < -0.3 is 0 Å². The number of carbonyl (C=O) groups is 2. The zero-order chi connectivity index (χ0) is 14.6. The molecule has 0 spiro atoms. The lowest BCUT2D eigenvalue weighted by molar-refractivity contribution is -0.135. The first-order valence-electron chi connectivity index (χ1n) is 6.74. The second kappa shape index (κ2) is 3.78. The molecule has 0 N–H and O–H groups in total. The van der Waals surface area contributed by atoms with E-state index in [-0.39, 0.29) is 11.6 Å². The summed E-state index contributed by atoms with van der Waals surface area (Å²) in [5.74, 6) is -0.0146. The molecule has 0 fully saturated rings. The van der Waals surface area contributed by atoms with Gasteiger partial charge in [0.05, 0.1) is 5.41 Å². The molecule has 1 aromatic carbocycles. The number of hydrogen-bond donors (Lipinski definition) is 0. The number of ketones is 2. The molecule has 0 aliphatic heterocycles. The summed E-state index contributed by atoms with van der Waals surface area (Å²) in [5, 5.41) is 0. The van der Waals surface area contributed by atoms with E-state index in [1.54, 1.807) is 0 Å². The summed E-state index contributed by atoms with van der Waals surface area (Å²) in [7, 11) is 0. The molecule has 102 valence electrons. The van der Waals surface area contributed by atoms with Crippen LogP contribution in [0.2, 0.25) is 0 Å². The molecule has 0 saturated carbocycles. The average molecular weight is 258 g/mol. The molecule has 1 atom stereocenters. The number of benzene rings is 1. The van der Waals surface area contributed by atoms with Gasteiger partial charge in [-0.25, -0.2) is 0 Å². The number of carbonyl (C=O) groups excluding carboxylic acids is 2. The summed E-state index contributed by atoms with van der Waals surface area (Å²) in [6.07, 6.45) is 0. The highest BCUT2D eigenvalue weighted by atomic mass is 16.2. The van der Waals surface area contributed by atoms with Gasteiger partial charge in [0, 0.05) is 16.4 Å². The maximum Gasteiger partial charge on any atom is 0.177 e. The highest BCUT2D eigenvalue weighted by molar-refractivity contribution is 6.20. The lowest BCUT2D eigenvalue weighted by atomic mass is 9.60. The van der Waals surface area contributed by atoms with Crippen molar-refractivity contribution in [3.05, 3.63) is 35.4 Å². The first-order chi connectivity index (χ1) is 8.54. The van der Waals surface area contributed by atoms with Crippen molar-refractivity contribution in [1.29, 1.82) is 0 Å². The molecule has 0 bridgehead atoms. The summed E-state index contributed by atoms with van der Waals surface area (Å²) in [4.78, 5) is 25.7. The van der Waals surface area contributed by atoms with Crippen LogP contribution in [0.3, 0.4) is 0 Å². The van der Waals surface area contributed by atoms with Crippen molar-refractivity contribution < 1.29 is 9.59 Å². The molecule has 0 unspecified atom stereocenters. The molecule has 0 heterocycles. The zero-order valence-corrected chi connectivity index (χ0v) is 12.6. The Balaban J connectivity index is 2.69. The first kappa shape index (κ1) is 14.0. The molecule has 1 aliphatic carbocycles. The summed E-state index contributed by atoms with van der Waals surface area (Å²) in [6.45, 7) is 11.5. The predicted octanol–water partition coefficient (Wildman–Crippen LogP) is 3.78. The van der Waals surface area contributed by atoms with E-state index in [4.69, 9.17) is 0 Å². The van der Waals surface area contributed by atoms with E-state index in [1.807, 2.05) is 65.8 Å². The van der Waals surface area contributed by atoms with Crippen molar-refractivity contribution >= 4 is 11.6 Å². The number of fused-ring (bicyclic) bond motifs is 1. The Hall–Kier alpha value is -1.44. The quantitative estimate of drug-likeness (QED) is 0.718. The summed E-state index contributed by atoms with van der Waals surface area (Å²) >= 11 is 0. The second-order valence-electron chi connectivity index (χ2n) is 7.20. The molecule has 2 rings (SSSR count). The lowest BCUT2D eigenvalue weighted by Gasteiger charge is -2.40. The highest BCUT2D eigenvalue weighted by Gasteiger charge is 2.61. The van der Waals surface area contributed by atoms with Gasteiger partial charge in [-0.05, 0) is 12.5 Å². The molecular weight excluding hydrogens is 236 g/mol. The number of hydrogen-bond acceptors (Lipinski definition) is 2. The van der Waals surface area contributed by atoms with Gasteiger partial charge in [0.15, 0.2) is 11.6 Å². The Morgan fingerprint density at radius 1 is 1.05 bits per heavy atom. The number of rotatable bonds is 1. The van der Waals surface area contributed by atoms with E-state index in [0.29, 0.717) is 5.56 Å². The maximum absolute atomic E-state index is 12.9. The Bertz CT molecular complexity index is 561. The molecular formula is C17H22O2. The molecule has 1 aromatic rings. The van der Waals surface area contributed by atoms with Crippen molar-refractivity contribution in [2.75, 3.05) is 0 Å². The third-order valence-corrected chi connectivity index (χ3v) is 4.68. The number of Topliss-reactive ketones (excluding diaryl/α,β-unsaturated/α-hetero) is 2. The molecule has 2 heteroatoms. The standard InChI is InChI=1S/C17H22O2/c1-15(2,3)14(19)17(6)13(18)11-9-7-8-10-12(11)16(17,4)5/h7-10H,1-6H3/t17-/m1/s1. The minimum absolute atomic E-state index is 0.0196. The van der Waals surface area contributed by atoms with Crippen molar-refractivity contribution in [1.82, 2.24) is 0 Å². The van der Waals surface area contributed by atoms with E-state index in [2.05, 4.69) is 0 Å². The minimum atomic E-state index is -0.977. The second-order valence-corrected chi connectivity index (χ2v) is 7.20. The van der Waals surface area contributed by atoms with Crippen LogP contribution in [0.25, 0.3) is 0 Å². The van der Waals surface area contributed by atoms with Gasteiger partial charge in [-0.15, -0.1) is 0 Å². The van der Waals surface area contributed by atoms with Gasteiger partial charge in [-0.2, -0.15) is 0 Å². The summed E-state index contributed by atoms with van der Waals surface area (Å²) in [6, 6.07) is 7.59. The third-order valence-electron chi connectivity index (χ3n) is 4.68. The SMILES string of the molecule is CC(C)(C)C(=O)[C@@]1(C)C(=O)c2ccccc2C1(C)C. The van der Waals surface area contributed by atoms with Gasteiger partial charge in [0.1, 0.15) is 0 Å². The van der Waals surface area contributed by atoms with Gasteiger partial charge in [-0.3, -0.25) is 9.59 Å². The lowest BCUT2D eigenvalue weighted by Crippen LogP contribution is -2.50. The predicted molar refractivity (Wildman–Crippen MR) is 76.4 cm³/mol. The Labute approximate surface area is 115 Å². The van der Waals surface area contributed by atoms with Crippen LogP contribution in [0.1, 0.15) is 57.5 Å². The Morgan fingerprint density at radius 2 is 1.58 bits per heavy atom. The van der Waals surface area contributed by atoms with Crippen LogP contribution in [0, 0.1) is 10.8 Å². The Morgan fingerprint density at radius 3 is 2.05 bits per heavy atom. The minimum Gasteiger partial charge on any atom is -0.298 e. The van der Waals surface area contributed by atoms with Crippen molar-refractivity contribution in [3.8, 4) is 0 Å². The van der Waals surface area contributed by atoms with E-state index in [9.17, 15) is 9.59 Å². The fraction of sp³-hybridized carbons (Fsp3) is 0.529. The third kappa shape index (κ3) is 1.62. The smallest absolute Gasteiger partial charge is 0.177 e. The van der Waals surface area contributed by atoms with Crippen LogP contribution in [0.15, 0.2) is 24.3 Å². The van der Waals surface area contributed by atoms with Crippen LogP contribution in [0.5, 0.6) is 0 Å². The van der Waals surface area contributed by atoms with Crippen molar-refractivity contribution in [2.45, 2.75) is 47.0 Å². The van der Waals surface area contributed by atoms with E-state index in [1.165, 1.54) is 0 Å². The van der Waals surface area contributed by atoms with Crippen LogP contribution in [-0.4, -0.2) is 11.6 Å². The largest absolute Gasteiger partial charge is 0.298 e. The fourth-order valence-corrected chi connectivity index (χ4v) is 3.19. The molecule has 19 heavy (non-hydrogen) atoms. The van der Waals surface area contributed by atoms with Gasteiger partial charge in [0.2, 0.25) is 0 Å². The first-order valence-corrected chi connectivity index (χ1v) is 6.74. The molecule has 0 radical (unpaired) electrons. The fourth-order valence-electron chi connectivity index (χ4n) is 3.19.